The van der Waals surface area contributed by atoms with E-state index < -0.39 is 5.24 Å². The molecular formula is C13H12N2O2S. The fourth-order valence-corrected chi connectivity index (χ4v) is 2.00. The average molecular weight is 260 g/mol. The summed E-state index contributed by atoms with van der Waals surface area (Å²) in [7, 11) is 0. The number of benzene rings is 2. The highest BCUT2D eigenvalue weighted by molar-refractivity contribution is 8.14. The highest BCUT2D eigenvalue weighted by Gasteiger charge is 2.07. The van der Waals surface area contributed by atoms with Gasteiger partial charge in [-0.1, -0.05) is 48.2 Å². The fourth-order valence-electron chi connectivity index (χ4n) is 1.66. The van der Waals surface area contributed by atoms with E-state index in [0.717, 1.165) is 28.2 Å². The second-order valence-corrected chi connectivity index (χ2v) is 4.66. The molecule has 0 aliphatic heterocycles. The van der Waals surface area contributed by atoms with Crippen LogP contribution < -0.4 is 11.1 Å². The van der Waals surface area contributed by atoms with Crippen LogP contribution in [0.5, 0.6) is 0 Å². The molecule has 18 heavy (non-hydrogen) atoms. The van der Waals surface area contributed by atoms with Crippen LogP contribution in [0.25, 0.3) is 10.8 Å². The third kappa shape index (κ3) is 3.01. The van der Waals surface area contributed by atoms with E-state index in [2.05, 4.69) is 5.32 Å². The monoisotopic (exact) mass is 260 g/mol. The zero-order chi connectivity index (χ0) is 13.0. The molecule has 0 aliphatic rings. The van der Waals surface area contributed by atoms with Gasteiger partial charge in [0, 0.05) is 11.1 Å². The molecule has 0 saturated heterocycles. The second-order valence-electron chi connectivity index (χ2n) is 3.68. The van der Waals surface area contributed by atoms with E-state index in [1.807, 2.05) is 42.5 Å². The summed E-state index contributed by atoms with van der Waals surface area (Å²) in [5, 5.41) is 4.24. The lowest BCUT2D eigenvalue weighted by Crippen LogP contribution is -2.17. The molecule has 0 radical (unpaired) electrons. The van der Waals surface area contributed by atoms with E-state index in [-0.39, 0.29) is 11.7 Å². The Bertz CT molecular complexity index is 593. The number of hydrogen-bond acceptors (Lipinski definition) is 3. The van der Waals surface area contributed by atoms with Gasteiger partial charge in [0.1, 0.15) is 0 Å². The maximum absolute atomic E-state index is 11.6. The van der Waals surface area contributed by atoms with E-state index >= 15 is 0 Å². The van der Waals surface area contributed by atoms with Crippen LogP contribution in [-0.2, 0) is 4.79 Å². The molecule has 2 aromatic rings. The number of amides is 2. The van der Waals surface area contributed by atoms with Crippen LogP contribution in [0.1, 0.15) is 0 Å². The zero-order valence-electron chi connectivity index (χ0n) is 9.55. The molecular weight excluding hydrogens is 248 g/mol. The van der Waals surface area contributed by atoms with E-state index in [0.29, 0.717) is 0 Å². The molecule has 0 saturated carbocycles. The summed E-state index contributed by atoms with van der Waals surface area (Å²) < 4.78 is 0. The lowest BCUT2D eigenvalue weighted by molar-refractivity contribution is -0.113. The molecule has 2 amide bonds. The number of rotatable bonds is 3. The predicted molar refractivity (Wildman–Crippen MR) is 74.6 cm³/mol. The third-order valence-electron chi connectivity index (χ3n) is 2.41. The maximum atomic E-state index is 11.6. The van der Waals surface area contributed by atoms with Crippen LogP contribution in [0.2, 0.25) is 0 Å². The molecule has 0 atom stereocenters. The van der Waals surface area contributed by atoms with Gasteiger partial charge in [-0.15, -0.1) is 0 Å². The highest BCUT2D eigenvalue weighted by Crippen LogP contribution is 2.22. The first-order valence-electron chi connectivity index (χ1n) is 5.36. The van der Waals surface area contributed by atoms with Crippen LogP contribution in [0.4, 0.5) is 10.5 Å². The van der Waals surface area contributed by atoms with Crippen molar-refractivity contribution in [1.82, 2.24) is 0 Å². The van der Waals surface area contributed by atoms with Crippen molar-refractivity contribution in [3.63, 3.8) is 0 Å². The minimum absolute atomic E-state index is 0.0263. The quantitative estimate of drug-likeness (QED) is 0.891. The van der Waals surface area contributed by atoms with Crippen LogP contribution in [0.15, 0.2) is 42.5 Å². The van der Waals surface area contributed by atoms with Crippen LogP contribution >= 0.6 is 11.8 Å². The van der Waals surface area contributed by atoms with Crippen molar-refractivity contribution in [3.05, 3.63) is 42.5 Å². The molecule has 92 valence electrons. The summed E-state index contributed by atoms with van der Waals surface area (Å²) in [4.78, 5) is 22.2. The Labute approximate surface area is 109 Å². The number of anilines is 1. The topological polar surface area (TPSA) is 72.2 Å². The molecule has 2 aromatic carbocycles. The lowest BCUT2D eigenvalue weighted by Gasteiger charge is -2.07. The van der Waals surface area contributed by atoms with Crippen molar-refractivity contribution in [1.29, 1.82) is 0 Å². The van der Waals surface area contributed by atoms with E-state index in [4.69, 9.17) is 5.73 Å². The Morgan fingerprint density at radius 3 is 2.61 bits per heavy atom. The molecule has 0 aromatic heterocycles. The van der Waals surface area contributed by atoms with Crippen LogP contribution in [0, 0.1) is 0 Å². The Balaban J connectivity index is 2.16. The van der Waals surface area contributed by atoms with Crippen LogP contribution in [-0.4, -0.2) is 16.9 Å². The first-order chi connectivity index (χ1) is 8.66. The summed E-state index contributed by atoms with van der Waals surface area (Å²) in [5.74, 6) is -0.214. The molecule has 0 unspecified atom stereocenters. The smallest absolute Gasteiger partial charge is 0.276 e. The van der Waals surface area contributed by atoms with E-state index in [9.17, 15) is 9.59 Å². The lowest BCUT2D eigenvalue weighted by atomic mass is 10.1. The Hall–Kier alpha value is -2.01. The molecule has 0 spiro atoms. The third-order valence-corrected chi connectivity index (χ3v) is 3.10. The van der Waals surface area contributed by atoms with Gasteiger partial charge in [0.15, 0.2) is 0 Å². The molecule has 5 heteroatoms. The molecule has 3 N–H and O–H groups in total. The minimum atomic E-state index is -0.553. The predicted octanol–water partition coefficient (Wildman–Crippen LogP) is 2.59. The summed E-state index contributed by atoms with van der Waals surface area (Å²) in [5.41, 5.74) is 5.71. The van der Waals surface area contributed by atoms with Gasteiger partial charge in [-0.3, -0.25) is 9.59 Å². The van der Waals surface area contributed by atoms with Gasteiger partial charge in [0.2, 0.25) is 5.91 Å². The number of primary amides is 1. The zero-order valence-corrected chi connectivity index (χ0v) is 10.4. The number of carbonyl (C=O) groups is 2. The summed E-state index contributed by atoms with van der Waals surface area (Å²) in [6.07, 6.45) is 0. The molecule has 0 heterocycles. The number of carbonyl (C=O) groups excluding carboxylic acids is 2. The minimum Gasteiger partial charge on any atom is -0.361 e. The molecule has 4 nitrogen and oxygen atoms in total. The number of nitrogens with one attached hydrogen (secondary N) is 1. The summed E-state index contributed by atoms with van der Waals surface area (Å²) in [6, 6.07) is 13.4. The number of nitrogens with two attached hydrogens (primary N) is 1. The van der Waals surface area contributed by atoms with Crippen molar-refractivity contribution >= 4 is 39.4 Å². The van der Waals surface area contributed by atoms with Crippen LogP contribution in [0.3, 0.4) is 0 Å². The van der Waals surface area contributed by atoms with Gasteiger partial charge in [0.25, 0.3) is 5.24 Å². The molecule has 0 bridgehead atoms. The molecule has 2 rings (SSSR count). The number of thioether (sulfide) groups is 1. The first kappa shape index (κ1) is 12.4. The van der Waals surface area contributed by atoms with Gasteiger partial charge in [0.05, 0.1) is 5.75 Å². The van der Waals surface area contributed by atoms with Crippen molar-refractivity contribution in [2.75, 3.05) is 11.1 Å². The van der Waals surface area contributed by atoms with Gasteiger partial charge < -0.3 is 11.1 Å². The van der Waals surface area contributed by atoms with Gasteiger partial charge >= 0.3 is 0 Å². The van der Waals surface area contributed by atoms with Crippen molar-refractivity contribution < 1.29 is 9.59 Å². The Kier molecular flexibility index (Phi) is 3.84. The average Bonchev–Trinajstić information content (AvgIpc) is 2.37. The van der Waals surface area contributed by atoms with Crippen molar-refractivity contribution in [2.24, 2.45) is 5.73 Å². The largest absolute Gasteiger partial charge is 0.361 e. The van der Waals surface area contributed by atoms with Gasteiger partial charge in [-0.2, -0.15) is 0 Å². The maximum Gasteiger partial charge on any atom is 0.276 e. The standard InChI is InChI=1S/C13H12N2O2S/c14-13(17)18-8-12(16)15-11-7-3-5-9-4-1-2-6-10(9)11/h1-7H,8H2,(H2,14,17)(H,15,16). The summed E-state index contributed by atoms with van der Waals surface area (Å²) in [6.45, 7) is 0. The SMILES string of the molecule is NC(=O)SCC(=O)Nc1cccc2ccccc12. The van der Waals surface area contributed by atoms with E-state index in [1.165, 1.54) is 0 Å². The Morgan fingerprint density at radius 1 is 1.11 bits per heavy atom. The molecule has 0 aliphatic carbocycles. The van der Waals surface area contributed by atoms with Crippen molar-refractivity contribution in [3.8, 4) is 0 Å². The van der Waals surface area contributed by atoms with Gasteiger partial charge in [-0.05, 0) is 11.5 Å². The molecule has 0 fully saturated rings. The summed E-state index contributed by atoms with van der Waals surface area (Å²) >= 11 is 0.791. The number of hydrogen-bond donors (Lipinski definition) is 2. The van der Waals surface area contributed by atoms with E-state index in [1.54, 1.807) is 0 Å². The fraction of sp³-hybridized carbons (Fsp3) is 0.0769. The Morgan fingerprint density at radius 2 is 1.83 bits per heavy atom. The number of fused-ring (bicyclic) bond motifs is 1. The van der Waals surface area contributed by atoms with Crippen molar-refractivity contribution in [2.45, 2.75) is 0 Å². The first-order valence-corrected chi connectivity index (χ1v) is 6.35. The van der Waals surface area contributed by atoms with Gasteiger partial charge in [-0.25, -0.2) is 0 Å². The highest BCUT2D eigenvalue weighted by atomic mass is 32.2. The normalized spacial score (nSPS) is 10.2. The second kappa shape index (κ2) is 5.55.